The van der Waals surface area contributed by atoms with Crippen LogP contribution in [0.15, 0.2) is 0 Å². The molecule has 1 unspecified atom stereocenters. The summed E-state index contributed by atoms with van der Waals surface area (Å²) < 4.78 is 0. The Morgan fingerprint density at radius 3 is 2.87 bits per heavy atom. The third kappa shape index (κ3) is 4.03. The zero-order valence-corrected chi connectivity index (χ0v) is 10.6. The fourth-order valence-electron chi connectivity index (χ4n) is 1.72. The lowest BCUT2D eigenvalue weighted by Gasteiger charge is -2.29. The van der Waals surface area contributed by atoms with Crippen molar-refractivity contribution in [1.29, 1.82) is 0 Å². The van der Waals surface area contributed by atoms with E-state index in [0.717, 1.165) is 44.0 Å². The summed E-state index contributed by atoms with van der Waals surface area (Å²) in [6, 6.07) is 0.0561. The Kier molecular flexibility index (Phi) is 6.10. The van der Waals surface area contributed by atoms with Crippen LogP contribution in [0.2, 0.25) is 0 Å². The molecule has 4 heteroatoms. The maximum Gasteiger partial charge on any atom is 0.240 e. The Bertz CT molecular complexity index is 193. The highest BCUT2D eigenvalue weighted by atomic mass is 32.2. The molecule has 0 aromatic rings. The molecular formula is C11H22N2OS. The molecular weight excluding hydrogens is 208 g/mol. The number of nitrogens with one attached hydrogen (secondary N) is 1. The van der Waals surface area contributed by atoms with Gasteiger partial charge in [-0.2, -0.15) is 11.8 Å². The first-order valence-electron chi connectivity index (χ1n) is 5.89. The van der Waals surface area contributed by atoms with Crippen LogP contribution in [0.3, 0.4) is 0 Å². The summed E-state index contributed by atoms with van der Waals surface area (Å²) in [5, 5.41) is 3.30. The predicted molar refractivity (Wildman–Crippen MR) is 66.3 cm³/mol. The molecule has 1 heterocycles. The molecule has 1 aliphatic heterocycles. The number of hydrogen-bond donors (Lipinski definition) is 1. The molecule has 0 aromatic carbocycles. The summed E-state index contributed by atoms with van der Waals surface area (Å²) in [5.41, 5.74) is 0. The minimum atomic E-state index is 0.0561. The molecule has 0 saturated carbocycles. The highest BCUT2D eigenvalue weighted by molar-refractivity contribution is 7.99. The van der Waals surface area contributed by atoms with Crippen molar-refractivity contribution in [3.8, 4) is 0 Å². The average Bonchev–Trinajstić information content (AvgIpc) is 2.31. The maximum atomic E-state index is 12.1. The van der Waals surface area contributed by atoms with E-state index in [2.05, 4.69) is 19.2 Å². The molecule has 0 radical (unpaired) electrons. The largest absolute Gasteiger partial charge is 0.342 e. The predicted octanol–water partition coefficient (Wildman–Crippen LogP) is 1.34. The molecule has 0 bridgehead atoms. The second kappa shape index (κ2) is 7.12. The van der Waals surface area contributed by atoms with Gasteiger partial charge >= 0.3 is 0 Å². The normalized spacial score (nSPS) is 21.3. The molecule has 88 valence electrons. The van der Waals surface area contributed by atoms with E-state index in [1.807, 2.05) is 16.7 Å². The Morgan fingerprint density at radius 2 is 2.33 bits per heavy atom. The molecule has 0 aromatic heterocycles. The molecule has 1 fully saturated rings. The van der Waals surface area contributed by atoms with Gasteiger partial charge in [0.05, 0.1) is 6.04 Å². The number of unbranched alkanes of at least 4 members (excludes halogenated alkanes) is 1. The van der Waals surface area contributed by atoms with Gasteiger partial charge in [-0.05, 0) is 13.3 Å². The quantitative estimate of drug-likeness (QED) is 0.773. The summed E-state index contributed by atoms with van der Waals surface area (Å²) in [6.07, 6.45) is 2.26. The minimum Gasteiger partial charge on any atom is -0.342 e. The van der Waals surface area contributed by atoms with E-state index < -0.39 is 0 Å². The highest BCUT2D eigenvalue weighted by Crippen LogP contribution is 2.10. The van der Waals surface area contributed by atoms with E-state index >= 15 is 0 Å². The molecule has 1 N–H and O–H groups in total. The molecule has 15 heavy (non-hydrogen) atoms. The van der Waals surface area contributed by atoms with Gasteiger partial charge in [0.25, 0.3) is 0 Å². The number of carbonyl (C=O) groups excluding carboxylic acids is 1. The Morgan fingerprint density at radius 1 is 1.53 bits per heavy atom. The van der Waals surface area contributed by atoms with Crippen LogP contribution < -0.4 is 5.32 Å². The van der Waals surface area contributed by atoms with Crippen LogP contribution in [-0.4, -0.2) is 48.0 Å². The van der Waals surface area contributed by atoms with Gasteiger partial charge in [-0.3, -0.25) is 4.79 Å². The number of amides is 1. The lowest BCUT2D eigenvalue weighted by atomic mass is 10.2. The van der Waals surface area contributed by atoms with Crippen LogP contribution in [0.4, 0.5) is 0 Å². The summed E-state index contributed by atoms with van der Waals surface area (Å²) in [4.78, 5) is 14.1. The van der Waals surface area contributed by atoms with E-state index in [-0.39, 0.29) is 11.9 Å². The van der Waals surface area contributed by atoms with Crippen molar-refractivity contribution < 1.29 is 4.79 Å². The molecule has 0 aliphatic carbocycles. The van der Waals surface area contributed by atoms with Gasteiger partial charge in [0.15, 0.2) is 0 Å². The molecule has 1 saturated heterocycles. The van der Waals surface area contributed by atoms with Crippen LogP contribution in [0.5, 0.6) is 0 Å². The van der Waals surface area contributed by atoms with E-state index in [0.29, 0.717) is 0 Å². The van der Waals surface area contributed by atoms with Crippen molar-refractivity contribution in [2.75, 3.05) is 31.1 Å². The number of rotatable bonds is 5. The molecule has 1 atom stereocenters. The first kappa shape index (κ1) is 12.8. The lowest BCUT2D eigenvalue weighted by molar-refractivity contribution is -0.132. The van der Waals surface area contributed by atoms with Gasteiger partial charge in [-0.25, -0.2) is 0 Å². The van der Waals surface area contributed by atoms with Crippen LogP contribution in [0.1, 0.15) is 26.7 Å². The monoisotopic (exact) mass is 230 g/mol. The Balaban J connectivity index is 2.40. The second-order valence-electron chi connectivity index (χ2n) is 3.85. The van der Waals surface area contributed by atoms with Crippen molar-refractivity contribution in [3.05, 3.63) is 0 Å². The third-order valence-electron chi connectivity index (χ3n) is 2.69. The summed E-state index contributed by atoms with van der Waals surface area (Å²) in [5.74, 6) is 2.35. The number of nitrogens with zero attached hydrogens (tertiary/aromatic N) is 1. The first-order chi connectivity index (χ1) is 7.29. The molecule has 3 nitrogen and oxygen atoms in total. The average molecular weight is 230 g/mol. The minimum absolute atomic E-state index is 0.0561. The molecule has 1 rings (SSSR count). The zero-order valence-electron chi connectivity index (χ0n) is 9.79. The van der Waals surface area contributed by atoms with Crippen LogP contribution in [0.25, 0.3) is 0 Å². The van der Waals surface area contributed by atoms with E-state index in [9.17, 15) is 4.79 Å². The summed E-state index contributed by atoms with van der Waals surface area (Å²) in [7, 11) is 0. The van der Waals surface area contributed by atoms with Crippen molar-refractivity contribution in [2.45, 2.75) is 32.7 Å². The van der Waals surface area contributed by atoms with Crippen molar-refractivity contribution in [3.63, 3.8) is 0 Å². The van der Waals surface area contributed by atoms with Gasteiger partial charge in [0.1, 0.15) is 0 Å². The molecule has 1 aliphatic rings. The van der Waals surface area contributed by atoms with Gasteiger partial charge in [-0.1, -0.05) is 13.3 Å². The molecule has 1 amide bonds. The molecule has 0 spiro atoms. The van der Waals surface area contributed by atoms with Gasteiger partial charge in [0, 0.05) is 31.1 Å². The van der Waals surface area contributed by atoms with Crippen molar-refractivity contribution in [2.24, 2.45) is 0 Å². The smallest absolute Gasteiger partial charge is 0.240 e. The topological polar surface area (TPSA) is 32.3 Å². The highest BCUT2D eigenvalue weighted by Gasteiger charge is 2.24. The fourth-order valence-corrected chi connectivity index (χ4v) is 2.64. The first-order valence-corrected chi connectivity index (χ1v) is 7.05. The maximum absolute atomic E-state index is 12.1. The van der Waals surface area contributed by atoms with Gasteiger partial charge < -0.3 is 10.2 Å². The van der Waals surface area contributed by atoms with Gasteiger partial charge in [0.2, 0.25) is 5.91 Å². The SMILES string of the molecule is CCCCN(CC)C(=O)C1CSCCN1. The number of likely N-dealkylation sites (N-methyl/N-ethyl adjacent to an activating group) is 1. The van der Waals surface area contributed by atoms with Crippen LogP contribution in [-0.2, 0) is 4.79 Å². The number of hydrogen-bond acceptors (Lipinski definition) is 3. The number of carbonyl (C=O) groups is 1. The van der Waals surface area contributed by atoms with Crippen molar-refractivity contribution >= 4 is 17.7 Å². The van der Waals surface area contributed by atoms with Crippen LogP contribution >= 0.6 is 11.8 Å². The number of thioether (sulfide) groups is 1. The second-order valence-corrected chi connectivity index (χ2v) is 5.00. The van der Waals surface area contributed by atoms with E-state index in [4.69, 9.17) is 0 Å². The zero-order chi connectivity index (χ0) is 11.1. The Hall–Kier alpha value is -0.220. The summed E-state index contributed by atoms with van der Waals surface area (Å²) >= 11 is 1.87. The fraction of sp³-hybridized carbons (Fsp3) is 0.909. The third-order valence-corrected chi connectivity index (χ3v) is 3.76. The van der Waals surface area contributed by atoms with E-state index in [1.54, 1.807) is 0 Å². The lowest BCUT2D eigenvalue weighted by Crippen LogP contribution is -2.50. The van der Waals surface area contributed by atoms with Crippen LogP contribution in [0, 0.1) is 0 Å². The summed E-state index contributed by atoms with van der Waals surface area (Å²) in [6.45, 7) is 6.93. The Labute approximate surface area is 97.0 Å². The van der Waals surface area contributed by atoms with Gasteiger partial charge in [-0.15, -0.1) is 0 Å². The van der Waals surface area contributed by atoms with E-state index in [1.165, 1.54) is 0 Å². The standard InChI is InChI=1S/C11H22N2OS/c1-3-5-7-13(4-2)11(14)10-9-15-8-6-12-10/h10,12H,3-9H2,1-2H3. The van der Waals surface area contributed by atoms with Crippen molar-refractivity contribution in [1.82, 2.24) is 10.2 Å².